The third-order valence-electron chi connectivity index (χ3n) is 4.29. The molecule has 3 nitrogen and oxygen atoms in total. The Hall–Kier alpha value is -0.120. The molecule has 0 spiro atoms. The largest absolute Gasteiger partial charge is 0.315 e. The van der Waals surface area contributed by atoms with Crippen LogP contribution in [0, 0.1) is 5.92 Å². The van der Waals surface area contributed by atoms with Crippen LogP contribution in [0.2, 0.25) is 0 Å². The first kappa shape index (κ1) is 11.4. The van der Waals surface area contributed by atoms with Crippen LogP contribution in [0.4, 0.5) is 0 Å². The zero-order valence-corrected chi connectivity index (χ0v) is 10.4. The van der Waals surface area contributed by atoms with E-state index in [0.29, 0.717) is 0 Å². The summed E-state index contributed by atoms with van der Waals surface area (Å²) in [5, 5.41) is 3.54. The van der Waals surface area contributed by atoms with Gasteiger partial charge in [-0.2, -0.15) is 0 Å². The maximum Gasteiger partial charge on any atom is 0.0262 e. The van der Waals surface area contributed by atoms with E-state index < -0.39 is 0 Å². The van der Waals surface area contributed by atoms with Crippen LogP contribution in [0.1, 0.15) is 20.3 Å². The smallest absolute Gasteiger partial charge is 0.0262 e. The minimum absolute atomic E-state index is 0.719. The zero-order chi connectivity index (χ0) is 10.8. The molecule has 2 fully saturated rings. The van der Waals surface area contributed by atoms with Crippen molar-refractivity contribution in [1.82, 2.24) is 15.1 Å². The number of piperazine rings is 1. The summed E-state index contributed by atoms with van der Waals surface area (Å²) >= 11 is 0. The molecule has 88 valence electrons. The van der Waals surface area contributed by atoms with Crippen LogP contribution >= 0.6 is 0 Å². The molecular formula is C12H25N3. The molecular weight excluding hydrogens is 186 g/mol. The van der Waals surface area contributed by atoms with E-state index in [1.807, 2.05) is 0 Å². The molecule has 2 aliphatic heterocycles. The summed E-state index contributed by atoms with van der Waals surface area (Å²) in [5.41, 5.74) is 0. The molecule has 2 rings (SSSR count). The van der Waals surface area contributed by atoms with E-state index in [0.717, 1.165) is 18.0 Å². The number of hydrogen-bond donors (Lipinski definition) is 1. The molecule has 2 saturated heterocycles. The van der Waals surface area contributed by atoms with Crippen LogP contribution in [0.15, 0.2) is 0 Å². The molecule has 0 aliphatic carbocycles. The van der Waals surface area contributed by atoms with E-state index in [9.17, 15) is 0 Å². The van der Waals surface area contributed by atoms with Crippen molar-refractivity contribution >= 4 is 0 Å². The molecule has 0 saturated carbocycles. The Bertz CT molecular complexity index is 207. The van der Waals surface area contributed by atoms with Crippen molar-refractivity contribution in [1.29, 1.82) is 0 Å². The third kappa shape index (κ3) is 2.35. The van der Waals surface area contributed by atoms with Crippen molar-refractivity contribution in [2.75, 3.05) is 39.8 Å². The van der Waals surface area contributed by atoms with Crippen molar-refractivity contribution in [3.63, 3.8) is 0 Å². The standard InChI is InChI=1S/C12H25N3/c1-4-11-7-13-8-12(11)15-6-5-14(3)10(2)9-15/h10-13H,4-9H2,1-3H3. The second kappa shape index (κ2) is 4.81. The molecule has 2 heterocycles. The minimum Gasteiger partial charge on any atom is -0.315 e. The summed E-state index contributed by atoms with van der Waals surface area (Å²) in [6, 6.07) is 1.52. The van der Waals surface area contributed by atoms with Gasteiger partial charge in [-0.3, -0.25) is 4.90 Å². The lowest BCUT2D eigenvalue weighted by Crippen LogP contribution is -2.55. The Labute approximate surface area is 93.8 Å². The summed E-state index contributed by atoms with van der Waals surface area (Å²) in [6.07, 6.45) is 1.32. The van der Waals surface area contributed by atoms with Gasteiger partial charge in [-0.15, -0.1) is 0 Å². The highest BCUT2D eigenvalue weighted by Gasteiger charge is 2.33. The lowest BCUT2D eigenvalue weighted by atomic mass is 9.98. The van der Waals surface area contributed by atoms with Crippen molar-refractivity contribution in [3.05, 3.63) is 0 Å². The number of rotatable bonds is 2. The average molecular weight is 211 g/mol. The van der Waals surface area contributed by atoms with Crippen LogP contribution < -0.4 is 5.32 Å². The number of hydrogen-bond acceptors (Lipinski definition) is 3. The van der Waals surface area contributed by atoms with Crippen LogP contribution in [0.5, 0.6) is 0 Å². The Morgan fingerprint density at radius 3 is 2.73 bits per heavy atom. The molecule has 3 atom stereocenters. The third-order valence-corrected chi connectivity index (χ3v) is 4.29. The highest BCUT2D eigenvalue weighted by molar-refractivity contribution is 4.91. The normalized spacial score (nSPS) is 39.8. The highest BCUT2D eigenvalue weighted by Crippen LogP contribution is 2.21. The highest BCUT2D eigenvalue weighted by atomic mass is 15.3. The van der Waals surface area contributed by atoms with Crippen molar-refractivity contribution < 1.29 is 0 Å². The maximum atomic E-state index is 3.54. The summed E-state index contributed by atoms with van der Waals surface area (Å²) in [4.78, 5) is 5.18. The molecule has 15 heavy (non-hydrogen) atoms. The molecule has 1 N–H and O–H groups in total. The Morgan fingerprint density at radius 2 is 2.07 bits per heavy atom. The van der Waals surface area contributed by atoms with Crippen molar-refractivity contribution in [2.24, 2.45) is 5.92 Å². The van der Waals surface area contributed by atoms with E-state index in [4.69, 9.17) is 0 Å². The van der Waals surface area contributed by atoms with E-state index >= 15 is 0 Å². The predicted molar refractivity (Wildman–Crippen MR) is 64.1 cm³/mol. The minimum atomic E-state index is 0.719. The van der Waals surface area contributed by atoms with Gasteiger partial charge in [0.2, 0.25) is 0 Å². The van der Waals surface area contributed by atoms with Crippen LogP contribution in [0.3, 0.4) is 0 Å². The first-order valence-corrected chi connectivity index (χ1v) is 6.37. The Balaban J connectivity index is 1.93. The van der Waals surface area contributed by atoms with E-state index in [2.05, 4.69) is 36.0 Å². The fraction of sp³-hybridized carbons (Fsp3) is 1.00. The van der Waals surface area contributed by atoms with Gasteiger partial charge in [0, 0.05) is 38.3 Å². The lowest BCUT2D eigenvalue weighted by Gasteiger charge is -2.42. The van der Waals surface area contributed by atoms with Gasteiger partial charge in [-0.1, -0.05) is 13.3 Å². The van der Waals surface area contributed by atoms with Crippen molar-refractivity contribution in [3.8, 4) is 0 Å². The molecule has 0 aromatic rings. The molecule has 0 radical (unpaired) electrons. The van der Waals surface area contributed by atoms with Crippen LogP contribution in [0.25, 0.3) is 0 Å². The zero-order valence-electron chi connectivity index (χ0n) is 10.4. The lowest BCUT2D eigenvalue weighted by molar-refractivity contribution is 0.0626. The molecule has 0 bridgehead atoms. The van der Waals surface area contributed by atoms with Gasteiger partial charge in [0.25, 0.3) is 0 Å². The van der Waals surface area contributed by atoms with Gasteiger partial charge < -0.3 is 10.2 Å². The van der Waals surface area contributed by atoms with Gasteiger partial charge >= 0.3 is 0 Å². The summed E-state index contributed by atoms with van der Waals surface area (Å²) in [6.45, 7) is 10.8. The summed E-state index contributed by atoms with van der Waals surface area (Å²) in [7, 11) is 2.24. The molecule has 3 heteroatoms. The fourth-order valence-corrected chi connectivity index (χ4v) is 2.94. The van der Waals surface area contributed by atoms with Crippen molar-refractivity contribution in [2.45, 2.75) is 32.4 Å². The maximum absolute atomic E-state index is 3.54. The number of nitrogens with one attached hydrogen (secondary N) is 1. The molecule has 3 unspecified atom stereocenters. The Morgan fingerprint density at radius 1 is 1.27 bits per heavy atom. The summed E-state index contributed by atoms with van der Waals surface area (Å²) < 4.78 is 0. The van der Waals surface area contributed by atoms with Gasteiger partial charge in [-0.05, 0) is 26.4 Å². The van der Waals surface area contributed by atoms with Crippen LogP contribution in [-0.4, -0.2) is 61.7 Å². The van der Waals surface area contributed by atoms with E-state index in [1.54, 1.807) is 0 Å². The van der Waals surface area contributed by atoms with E-state index in [-0.39, 0.29) is 0 Å². The second-order valence-corrected chi connectivity index (χ2v) is 5.22. The second-order valence-electron chi connectivity index (χ2n) is 5.22. The summed E-state index contributed by atoms with van der Waals surface area (Å²) in [5.74, 6) is 0.876. The Kier molecular flexibility index (Phi) is 3.65. The van der Waals surface area contributed by atoms with Gasteiger partial charge in [-0.25, -0.2) is 0 Å². The molecule has 0 aromatic carbocycles. The first-order chi connectivity index (χ1) is 7.22. The molecule has 0 aromatic heterocycles. The quantitative estimate of drug-likeness (QED) is 0.722. The predicted octanol–water partition coefficient (Wildman–Crippen LogP) is 0.620. The average Bonchev–Trinajstić information content (AvgIpc) is 2.70. The SMILES string of the molecule is CCC1CNCC1N1CCN(C)C(C)C1. The number of nitrogens with zero attached hydrogens (tertiary/aromatic N) is 2. The van der Waals surface area contributed by atoms with Gasteiger partial charge in [0.05, 0.1) is 0 Å². The first-order valence-electron chi connectivity index (χ1n) is 6.37. The van der Waals surface area contributed by atoms with Crippen LogP contribution in [-0.2, 0) is 0 Å². The monoisotopic (exact) mass is 211 g/mol. The number of likely N-dealkylation sites (N-methyl/N-ethyl adjacent to an activating group) is 1. The molecule has 2 aliphatic rings. The van der Waals surface area contributed by atoms with E-state index in [1.165, 1.54) is 39.1 Å². The topological polar surface area (TPSA) is 18.5 Å². The van der Waals surface area contributed by atoms with Gasteiger partial charge in [0.1, 0.15) is 0 Å². The van der Waals surface area contributed by atoms with Gasteiger partial charge in [0.15, 0.2) is 0 Å². The fourth-order valence-electron chi connectivity index (χ4n) is 2.94. The molecule has 0 amide bonds.